The molecule has 4 heteroatoms. The number of unbranched alkanes of at least 4 members (excludes halogenated alkanes) is 1. The van der Waals surface area contributed by atoms with Crippen LogP contribution in [0.2, 0.25) is 5.02 Å². The summed E-state index contributed by atoms with van der Waals surface area (Å²) in [5, 5.41) is 3.65. The largest absolute Gasteiger partial charge is 0.494 e. The first-order valence-corrected chi connectivity index (χ1v) is 8.44. The first kappa shape index (κ1) is 18.1. The molecule has 0 aliphatic carbocycles. The number of nitrogens with one attached hydrogen (secondary N) is 1. The van der Waals surface area contributed by atoms with Crippen molar-refractivity contribution < 1.29 is 9.53 Å². The molecule has 0 heterocycles. The zero-order valence-electron chi connectivity index (χ0n) is 14.0. The van der Waals surface area contributed by atoms with Crippen LogP contribution >= 0.6 is 11.6 Å². The first-order valence-electron chi connectivity index (χ1n) is 8.06. The van der Waals surface area contributed by atoms with Crippen molar-refractivity contribution in [2.75, 3.05) is 11.9 Å². The minimum Gasteiger partial charge on any atom is -0.494 e. The molecule has 126 valence electrons. The van der Waals surface area contributed by atoms with Crippen LogP contribution in [0.25, 0.3) is 0 Å². The normalized spacial score (nSPS) is 10.8. The van der Waals surface area contributed by atoms with Crippen LogP contribution in [-0.2, 0) is 0 Å². The van der Waals surface area contributed by atoms with Gasteiger partial charge in [0.15, 0.2) is 5.78 Å². The molecule has 2 rings (SSSR count). The highest BCUT2D eigenvalue weighted by molar-refractivity contribution is 6.33. The Morgan fingerprint density at radius 1 is 1.21 bits per heavy atom. The number of allylic oxidation sites excluding steroid dienone is 1. The monoisotopic (exact) mass is 343 g/mol. The Morgan fingerprint density at radius 2 is 1.96 bits per heavy atom. The molecule has 0 unspecified atom stereocenters. The van der Waals surface area contributed by atoms with Gasteiger partial charge in [-0.3, -0.25) is 4.79 Å². The van der Waals surface area contributed by atoms with E-state index in [2.05, 4.69) is 12.2 Å². The van der Waals surface area contributed by atoms with Crippen molar-refractivity contribution >= 4 is 23.1 Å². The maximum absolute atomic E-state index is 12.1. The average Bonchev–Trinajstić information content (AvgIpc) is 2.57. The Hall–Kier alpha value is -2.26. The van der Waals surface area contributed by atoms with Crippen LogP contribution in [0.5, 0.6) is 5.75 Å². The molecule has 24 heavy (non-hydrogen) atoms. The van der Waals surface area contributed by atoms with Crippen LogP contribution in [0.4, 0.5) is 5.69 Å². The molecule has 0 saturated carbocycles. The van der Waals surface area contributed by atoms with Crippen LogP contribution in [-0.4, -0.2) is 12.4 Å². The second-order valence-corrected chi connectivity index (χ2v) is 5.96. The smallest absolute Gasteiger partial charge is 0.187 e. The Kier molecular flexibility index (Phi) is 6.89. The number of carbonyl (C=O) groups is 1. The van der Waals surface area contributed by atoms with E-state index in [4.69, 9.17) is 16.3 Å². The van der Waals surface area contributed by atoms with Gasteiger partial charge in [-0.25, -0.2) is 0 Å². The van der Waals surface area contributed by atoms with Crippen molar-refractivity contribution in [2.24, 2.45) is 0 Å². The van der Waals surface area contributed by atoms with E-state index >= 15 is 0 Å². The third-order valence-corrected chi connectivity index (χ3v) is 3.82. The highest BCUT2D eigenvalue weighted by Gasteiger charge is 2.03. The summed E-state index contributed by atoms with van der Waals surface area (Å²) in [6.45, 7) is 4.80. The molecule has 0 aliphatic heterocycles. The van der Waals surface area contributed by atoms with Gasteiger partial charge in [0.2, 0.25) is 0 Å². The Labute approximate surface area is 148 Å². The Bertz CT molecular complexity index is 708. The number of hydrogen-bond donors (Lipinski definition) is 1. The van der Waals surface area contributed by atoms with Crippen LogP contribution in [0.3, 0.4) is 0 Å². The zero-order valence-corrected chi connectivity index (χ0v) is 14.8. The number of ketones is 1. The minimum absolute atomic E-state index is 0.0779. The summed E-state index contributed by atoms with van der Waals surface area (Å²) < 4.78 is 5.59. The molecular formula is C20H22ClNO2. The van der Waals surface area contributed by atoms with E-state index in [1.165, 1.54) is 6.08 Å². The van der Waals surface area contributed by atoms with Crippen LogP contribution in [0, 0.1) is 6.92 Å². The van der Waals surface area contributed by atoms with E-state index in [9.17, 15) is 4.79 Å². The topological polar surface area (TPSA) is 38.3 Å². The van der Waals surface area contributed by atoms with Gasteiger partial charge in [0, 0.05) is 17.8 Å². The zero-order chi connectivity index (χ0) is 17.4. The summed E-state index contributed by atoms with van der Waals surface area (Å²) in [7, 11) is 0. The van der Waals surface area contributed by atoms with E-state index in [-0.39, 0.29) is 5.78 Å². The standard InChI is InChI=1S/C20H22ClNO2/c1-3-4-13-24-17-8-6-16(7-9-17)20(23)11-12-22-19-10-5-15(2)14-18(19)21/h5-12,14,22H,3-4,13H2,1-2H3. The highest BCUT2D eigenvalue weighted by Crippen LogP contribution is 2.22. The summed E-state index contributed by atoms with van der Waals surface area (Å²) >= 11 is 6.14. The van der Waals surface area contributed by atoms with Gasteiger partial charge in [-0.15, -0.1) is 0 Å². The van der Waals surface area contributed by atoms with E-state index in [1.807, 2.05) is 37.3 Å². The van der Waals surface area contributed by atoms with Crippen LogP contribution in [0.15, 0.2) is 54.7 Å². The molecule has 0 aliphatic rings. The number of anilines is 1. The summed E-state index contributed by atoms with van der Waals surface area (Å²) in [6, 6.07) is 12.9. The molecule has 1 N–H and O–H groups in total. The summed E-state index contributed by atoms with van der Waals surface area (Å²) in [6.07, 6.45) is 5.21. The van der Waals surface area contributed by atoms with Gasteiger partial charge in [0.25, 0.3) is 0 Å². The maximum Gasteiger partial charge on any atom is 0.187 e. The molecular weight excluding hydrogens is 322 g/mol. The predicted molar refractivity (Wildman–Crippen MR) is 100 cm³/mol. The fourth-order valence-corrected chi connectivity index (χ4v) is 2.38. The first-order chi connectivity index (χ1) is 11.6. The van der Waals surface area contributed by atoms with Gasteiger partial charge < -0.3 is 10.1 Å². The van der Waals surface area contributed by atoms with Gasteiger partial charge in [-0.2, -0.15) is 0 Å². The summed E-state index contributed by atoms with van der Waals surface area (Å²) in [5.74, 6) is 0.708. The molecule has 3 nitrogen and oxygen atoms in total. The third kappa shape index (κ3) is 5.43. The fourth-order valence-electron chi connectivity index (χ4n) is 2.09. The molecule has 0 atom stereocenters. The van der Waals surface area contributed by atoms with E-state index in [1.54, 1.807) is 18.3 Å². The Balaban J connectivity index is 1.91. The second kappa shape index (κ2) is 9.14. The van der Waals surface area contributed by atoms with Crippen LogP contribution < -0.4 is 10.1 Å². The van der Waals surface area contributed by atoms with E-state index in [0.29, 0.717) is 17.2 Å². The van der Waals surface area contributed by atoms with Crippen molar-refractivity contribution in [1.29, 1.82) is 0 Å². The highest BCUT2D eigenvalue weighted by atomic mass is 35.5. The van der Waals surface area contributed by atoms with Gasteiger partial charge in [0.05, 0.1) is 17.3 Å². The average molecular weight is 344 g/mol. The number of rotatable bonds is 8. The van der Waals surface area contributed by atoms with Gasteiger partial charge in [0.1, 0.15) is 5.75 Å². The summed E-state index contributed by atoms with van der Waals surface area (Å²) in [5.41, 5.74) is 2.48. The Morgan fingerprint density at radius 3 is 2.62 bits per heavy atom. The lowest BCUT2D eigenvalue weighted by molar-refractivity contribution is 0.104. The van der Waals surface area contributed by atoms with Crippen molar-refractivity contribution in [1.82, 2.24) is 0 Å². The fraction of sp³-hybridized carbons (Fsp3) is 0.250. The van der Waals surface area contributed by atoms with Crippen molar-refractivity contribution in [3.8, 4) is 5.75 Å². The number of hydrogen-bond acceptors (Lipinski definition) is 3. The van der Waals surface area contributed by atoms with Crippen molar-refractivity contribution in [2.45, 2.75) is 26.7 Å². The van der Waals surface area contributed by atoms with Crippen LogP contribution in [0.1, 0.15) is 35.7 Å². The lowest BCUT2D eigenvalue weighted by Crippen LogP contribution is -1.99. The molecule has 0 radical (unpaired) electrons. The maximum atomic E-state index is 12.1. The predicted octanol–water partition coefficient (Wildman–Crippen LogP) is 5.64. The van der Waals surface area contributed by atoms with Crippen molar-refractivity contribution in [3.63, 3.8) is 0 Å². The lowest BCUT2D eigenvalue weighted by atomic mass is 10.1. The number of aryl methyl sites for hydroxylation is 1. The lowest BCUT2D eigenvalue weighted by Gasteiger charge is -2.06. The number of carbonyl (C=O) groups excluding carboxylic acids is 1. The molecule has 2 aromatic rings. The SMILES string of the molecule is CCCCOc1ccc(C(=O)C=CNc2ccc(C)cc2Cl)cc1. The molecule has 0 spiro atoms. The number of benzene rings is 2. The quantitative estimate of drug-likeness (QED) is 0.383. The molecule has 0 saturated heterocycles. The molecule has 2 aromatic carbocycles. The minimum atomic E-state index is -0.0779. The molecule has 0 amide bonds. The van der Waals surface area contributed by atoms with Gasteiger partial charge >= 0.3 is 0 Å². The van der Waals surface area contributed by atoms with E-state index in [0.717, 1.165) is 29.8 Å². The van der Waals surface area contributed by atoms with Gasteiger partial charge in [-0.05, 0) is 55.3 Å². The molecule has 0 fully saturated rings. The summed E-state index contributed by atoms with van der Waals surface area (Å²) in [4.78, 5) is 12.1. The molecule has 0 aromatic heterocycles. The number of ether oxygens (including phenoxy) is 1. The third-order valence-electron chi connectivity index (χ3n) is 3.50. The number of halogens is 1. The van der Waals surface area contributed by atoms with Crippen molar-refractivity contribution in [3.05, 3.63) is 70.9 Å². The molecule has 0 bridgehead atoms. The van der Waals surface area contributed by atoms with E-state index < -0.39 is 0 Å². The van der Waals surface area contributed by atoms with Gasteiger partial charge in [-0.1, -0.05) is 31.0 Å². The second-order valence-electron chi connectivity index (χ2n) is 5.55.